The molecule has 1 saturated heterocycles. The summed E-state index contributed by atoms with van der Waals surface area (Å²) in [5, 5.41) is 13.3. The summed E-state index contributed by atoms with van der Waals surface area (Å²) in [4.78, 5) is 0. The first kappa shape index (κ1) is 11.7. The zero-order valence-corrected chi connectivity index (χ0v) is 9.84. The second-order valence-electron chi connectivity index (χ2n) is 5.72. The summed E-state index contributed by atoms with van der Waals surface area (Å²) in [6, 6.07) is 0. The van der Waals surface area contributed by atoms with Crippen LogP contribution in [0.15, 0.2) is 12.7 Å². The van der Waals surface area contributed by atoms with Gasteiger partial charge in [-0.1, -0.05) is 6.08 Å². The monoisotopic (exact) mass is 196 g/mol. The summed E-state index contributed by atoms with van der Waals surface area (Å²) in [5.74, 6) is 0.614. The van der Waals surface area contributed by atoms with Crippen LogP contribution in [0.5, 0.6) is 0 Å². The van der Waals surface area contributed by atoms with E-state index in [9.17, 15) is 5.21 Å². The zero-order valence-electron chi connectivity index (χ0n) is 9.84. The molecule has 82 valence electrons. The topological polar surface area (TPSA) is 26.3 Å². The highest BCUT2D eigenvalue weighted by Crippen LogP contribution is 2.41. The van der Waals surface area contributed by atoms with Gasteiger partial charge in [-0.25, -0.2) is 0 Å². The van der Waals surface area contributed by atoms with Crippen LogP contribution in [0.4, 0.5) is 0 Å². The van der Waals surface area contributed by atoms with Gasteiger partial charge in [-0.2, -0.15) is 0 Å². The molecule has 0 aliphatic carbocycles. The van der Waals surface area contributed by atoms with Crippen molar-refractivity contribution >= 4 is 0 Å². The summed E-state index contributed by atoms with van der Waals surface area (Å²) in [6.45, 7) is 11.9. The Morgan fingerprint density at radius 1 is 1.29 bits per heavy atom. The first-order valence-corrected chi connectivity index (χ1v) is 5.38. The SMILES string of the molecule is C=CCC1CC(C)(C)N([O-])C(C)(C)C1. The van der Waals surface area contributed by atoms with Crippen LogP contribution in [-0.2, 0) is 0 Å². The highest BCUT2D eigenvalue weighted by Gasteiger charge is 2.39. The third-order valence-corrected chi connectivity index (χ3v) is 3.18. The number of hydrogen-bond donors (Lipinski definition) is 0. The maximum atomic E-state index is 12.0. The summed E-state index contributed by atoms with van der Waals surface area (Å²) < 4.78 is 0. The third-order valence-electron chi connectivity index (χ3n) is 3.18. The number of allylic oxidation sites excluding steroid dienone is 1. The van der Waals surface area contributed by atoms with Crippen molar-refractivity contribution in [3.8, 4) is 0 Å². The predicted molar refractivity (Wildman–Crippen MR) is 60.9 cm³/mol. The van der Waals surface area contributed by atoms with Crippen molar-refractivity contribution < 1.29 is 0 Å². The van der Waals surface area contributed by atoms with Crippen LogP contribution < -0.4 is 0 Å². The van der Waals surface area contributed by atoms with E-state index in [-0.39, 0.29) is 11.1 Å². The lowest BCUT2D eigenvalue weighted by molar-refractivity contribution is -0.0101. The second kappa shape index (κ2) is 3.67. The number of piperidine rings is 1. The molecule has 0 amide bonds. The van der Waals surface area contributed by atoms with Crippen molar-refractivity contribution in [2.45, 2.75) is 58.0 Å². The lowest BCUT2D eigenvalue weighted by Crippen LogP contribution is -2.57. The van der Waals surface area contributed by atoms with E-state index in [1.165, 1.54) is 5.06 Å². The van der Waals surface area contributed by atoms with Crippen LogP contribution in [0.3, 0.4) is 0 Å². The van der Waals surface area contributed by atoms with Gasteiger partial charge in [0.2, 0.25) is 0 Å². The minimum absolute atomic E-state index is 0.227. The Bertz CT molecular complexity index is 202. The molecule has 1 aliphatic rings. The molecule has 0 aromatic heterocycles. The fraction of sp³-hybridized carbons (Fsp3) is 0.833. The molecule has 1 rings (SSSR count). The Hall–Kier alpha value is -0.340. The van der Waals surface area contributed by atoms with E-state index in [0.29, 0.717) is 5.92 Å². The molecular formula is C12H22NO-. The van der Waals surface area contributed by atoms with Crippen LogP contribution >= 0.6 is 0 Å². The van der Waals surface area contributed by atoms with Gasteiger partial charge in [0.1, 0.15) is 0 Å². The molecular weight excluding hydrogens is 174 g/mol. The van der Waals surface area contributed by atoms with E-state index in [1.807, 2.05) is 33.8 Å². The maximum absolute atomic E-state index is 12.0. The van der Waals surface area contributed by atoms with Gasteiger partial charge in [0.25, 0.3) is 0 Å². The highest BCUT2D eigenvalue weighted by molar-refractivity contribution is 5.01. The number of hydrogen-bond acceptors (Lipinski definition) is 2. The van der Waals surface area contributed by atoms with Gasteiger partial charge in [0, 0.05) is 11.1 Å². The summed E-state index contributed by atoms with van der Waals surface area (Å²) in [5.41, 5.74) is -0.454. The Labute approximate surface area is 87.6 Å². The van der Waals surface area contributed by atoms with Crippen molar-refractivity contribution in [2.75, 3.05) is 0 Å². The number of rotatable bonds is 2. The molecule has 0 saturated carbocycles. The van der Waals surface area contributed by atoms with Crippen LogP contribution in [0, 0.1) is 11.1 Å². The van der Waals surface area contributed by atoms with E-state index in [0.717, 1.165) is 19.3 Å². The summed E-state index contributed by atoms with van der Waals surface area (Å²) in [6.07, 6.45) is 4.95. The molecule has 2 nitrogen and oxygen atoms in total. The normalized spacial score (nSPS) is 27.5. The molecule has 14 heavy (non-hydrogen) atoms. The molecule has 0 N–H and O–H groups in total. The lowest BCUT2D eigenvalue weighted by Gasteiger charge is -2.60. The minimum Gasteiger partial charge on any atom is -0.784 e. The molecule has 2 heteroatoms. The Kier molecular flexibility index (Phi) is 3.07. The van der Waals surface area contributed by atoms with Gasteiger partial charge in [0.05, 0.1) is 0 Å². The second-order valence-corrected chi connectivity index (χ2v) is 5.72. The minimum atomic E-state index is -0.227. The van der Waals surface area contributed by atoms with Crippen LogP contribution in [0.25, 0.3) is 0 Å². The van der Waals surface area contributed by atoms with Gasteiger partial charge in [-0.15, -0.1) is 6.58 Å². The van der Waals surface area contributed by atoms with Gasteiger partial charge in [0.15, 0.2) is 0 Å². The van der Waals surface area contributed by atoms with Crippen LogP contribution in [-0.4, -0.2) is 16.1 Å². The van der Waals surface area contributed by atoms with Crippen molar-refractivity contribution in [3.63, 3.8) is 0 Å². The standard InChI is InChI=1S/C12H22NO/c1-6-7-10-8-11(2,3)13(14)12(4,5)9-10/h6,10H,1,7-9H2,2-5H3/q-1. The average molecular weight is 196 g/mol. The first-order chi connectivity index (χ1) is 6.29. The van der Waals surface area contributed by atoms with Crippen molar-refractivity contribution in [3.05, 3.63) is 17.9 Å². The Balaban J connectivity index is 2.80. The molecule has 0 aromatic carbocycles. The highest BCUT2D eigenvalue weighted by atomic mass is 16.5. The van der Waals surface area contributed by atoms with E-state index in [1.54, 1.807) is 0 Å². The number of nitrogens with zero attached hydrogens (tertiary/aromatic N) is 1. The van der Waals surface area contributed by atoms with E-state index >= 15 is 0 Å². The summed E-state index contributed by atoms with van der Waals surface area (Å²) >= 11 is 0. The third kappa shape index (κ3) is 2.18. The first-order valence-electron chi connectivity index (χ1n) is 5.38. The van der Waals surface area contributed by atoms with Gasteiger partial charge < -0.3 is 10.3 Å². The van der Waals surface area contributed by atoms with E-state index < -0.39 is 0 Å². The molecule has 0 atom stereocenters. The maximum Gasteiger partial charge on any atom is 0.00396 e. The Morgan fingerprint density at radius 3 is 2.07 bits per heavy atom. The van der Waals surface area contributed by atoms with Crippen LogP contribution in [0.2, 0.25) is 0 Å². The molecule has 0 unspecified atom stereocenters. The fourth-order valence-corrected chi connectivity index (χ4v) is 2.87. The molecule has 0 aromatic rings. The lowest BCUT2D eigenvalue weighted by atomic mass is 9.74. The van der Waals surface area contributed by atoms with Gasteiger partial charge >= 0.3 is 0 Å². The fourth-order valence-electron chi connectivity index (χ4n) is 2.87. The molecule has 1 aliphatic heterocycles. The molecule has 1 heterocycles. The molecule has 0 bridgehead atoms. The zero-order chi connectivity index (χ0) is 11.0. The molecule has 1 fully saturated rings. The summed E-state index contributed by atoms with van der Waals surface area (Å²) in [7, 11) is 0. The number of hydroxylamine groups is 2. The van der Waals surface area contributed by atoms with Crippen LogP contribution in [0.1, 0.15) is 47.0 Å². The Morgan fingerprint density at radius 2 is 1.71 bits per heavy atom. The van der Waals surface area contributed by atoms with Crippen molar-refractivity contribution in [2.24, 2.45) is 5.92 Å². The quantitative estimate of drug-likeness (QED) is 0.633. The smallest absolute Gasteiger partial charge is 0.00396 e. The largest absolute Gasteiger partial charge is 0.784 e. The molecule has 0 radical (unpaired) electrons. The van der Waals surface area contributed by atoms with Gasteiger partial charge in [-0.3, -0.25) is 0 Å². The van der Waals surface area contributed by atoms with E-state index in [4.69, 9.17) is 0 Å². The van der Waals surface area contributed by atoms with E-state index in [2.05, 4.69) is 6.58 Å². The van der Waals surface area contributed by atoms with Crippen molar-refractivity contribution in [1.82, 2.24) is 5.06 Å². The van der Waals surface area contributed by atoms with Gasteiger partial charge in [-0.05, 0) is 52.9 Å². The average Bonchev–Trinajstić information content (AvgIpc) is 1.99. The van der Waals surface area contributed by atoms with Crippen molar-refractivity contribution in [1.29, 1.82) is 0 Å². The molecule has 0 spiro atoms. The predicted octanol–water partition coefficient (Wildman–Crippen LogP) is 3.33.